The van der Waals surface area contributed by atoms with E-state index in [0.29, 0.717) is 23.7 Å². The summed E-state index contributed by atoms with van der Waals surface area (Å²) in [6.45, 7) is 4.46. The molecule has 0 radical (unpaired) electrons. The Morgan fingerprint density at radius 2 is 2.03 bits per heavy atom. The largest absolute Gasteiger partial charge is 0.473 e. The Balaban J connectivity index is 1.46. The average Bonchev–Trinajstić information content (AvgIpc) is 3.20. The maximum atomic E-state index is 13.1. The molecular formula is C26H27FN4O4. The van der Waals surface area contributed by atoms with E-state index in [1.54, 1.807) is 35.5 Å². The number of benzene rings is 1. The van der Waals surface area contributed by atoms with Crippen LogP contribution >= 0.6 is 0 Å². The molecule has 0 aliphatic carbocycles. The first-order chi connectivity index (χ1) is 16.9. The Bertz CT molecular complexity index is 1230. The molecule has 0 saturated carbocycles. The second kappa shape index (κ2) is 10.6. The smallest absolute Gasteiger partial charge is 0.255 e. The Labute approximate surface area is 202 Å². The minimum Gasteiger partial charge on any atom is -0.473 e. The second-order valence-electron chi connectivity index (χ2n) is 8.45. The van der Waals surface area contributed by atoms with Crippen LogP contribution in [0.25, 0.3) is 0 Å². The number of hydrogen-bond acceptors (Lipinski definition) is 6. The molecule has 1 aliphatic heterocycles. The summed E-state index contributed by atoms with van der Waals surface area (Å²) in [5, 5.41) is 11.5. The van der Waals surface area contributed by atoms with Crippen molar-refractivity contribution in [3.05, 3.63) is 88.1 Å². The van der Waals surface area contributed by atoms with Crippen LogP contribution in [0.2, 0.25) is 0 Å². The molecule has 182 valence electrons. The van der Waals surface area contributed by atoms with E-state index >= 15 is 0 Å². The van der Waals surface area contributed by atoms with Gasteiger partial charge >= 0.3 is 0 Å². The Kier molecular flexibility index (Phi) is 7.36. The van der Waals surface area contributed by atoms with Gasteiger partial charge in [-0.2, -0.15) is 0 Å². The Hall–Kier alpha value is -3.85. The minimum atomic E-state index is -0.298. The molecule has 9 heteroatoms. The van der Waals surface area contributed by atoms with Gasteiger partial charge < -0.3 is 20.1 Å². The molecule has 0 bridgehead atoms. The highest BCUT2D eigenvalue weighted by Gasteiger charge is 2.34. The number of halogens is 1. The highest BCUT2D eigenvalue weighted by molar-refractivity contribution is 5.99. The number of aliphatic hydroxyl groups excluding tert-OH is 1. The van der Waals surface area contributed by atoms with Gasteiger partial charge in [-0.15, -0.1) is 0 Å². The van der Waals surface area contributed by atoms with Crippen molar-refractivity contribution >= 4 is 11.8 Å². The van der Waals surface area contributed by atoms with Crippen molar-refractivity contribution in [3.8, 4) is 5.88 Å². The van der Waals surface area contributed by atoms with Crippen molar-refractivity contribution in [1.82, 2.24) is 20.2 Å². The number of carbonyl (C=O) groups is 2. The predicted molar refractivity (Wildman–Crippen MR) is 126 cm³/mol. The van der Waals surface area contributed by atoms with Crippen molar-refractivity contribution in [1.29, 1.82) is 0 Å². The topological polar surface area (TPSA) is 105 Å². The summed E-state index contributed by atoms with van der Waals surface area (Å²) in [4.78, 5) is 35.8. The predicted octanol–water partition coefficient (Wildman–Crippen LogP) is 2.87. The maximum absolute atomic E-state index is 13.1. The van der Waals surface area contributed by atoms with Crippen LogP contribution < -0.4 is 10.1 Å². The third-order valence-electron chi connectivity index (χ3n) is 6.02. The van der Waals surface area contributed by atoms with Crippen LogP contribution in [0, 0.1) is 12.7 Å². The molecule has 2 amide bonds. The molecule has 0 saturated heterocycles. The molecule has 1 atom stereocenters. The van der Waals surface area contributed by atoms with Crippen LogP contribution in [-0.4, -0.2) is 44.9 Å². The number of aryl methyl sites for hydroxylation is 1. The van der Waals surface area contributed by atoms with Gasteiger partial charge in [0.25, 0.3) is 5.91 Å². The summed E-state index contributed by atoms with van der Waals surface area (Å²) in [5.74, 6) is -0.203. The third-order valence-corrected chi connectivity index (χ3v) is 6.02. The van der Waals surface area contributed by atoms with E-state index in [1.807, 2.05) is 19.9 Å². The lowest BCUT2D eigenvalue weighted by molar-refractivity contribution is -0.120. The molecule has 1 unspecified atom stereocenters. The number of carbonyl (C=O) groups excluding carboxylic acids is 2. The summed E-state index contributed by atoms with van der Waals surface area (Å²) in [6.07, 6.45) is 3.27. The first-order valence-corrected chi connectivity index (χ1v) is 11.4. The minimum absolute atomic E-state index is 0.0411. The van der Waals surface area contributed by atoms with E-state index < -0.39 is 0 Å². The SMILES string of the molecule is Cc1cc(C(C)N2Cc3c(ccnc3CC(=O)NCCO)C2=O)cnc1OCc1ccc(F)cc1. The first-order valence-electron chi connectivity index (χ1n) is 11.4. The van der Waals surface area contributed by atoms with Gasteiger partial charge in [0.1, 0.15) is 12.4 Å². The number of pyridine rings is 2. The second-order valence-corrected chi connectivity index (χ2v) is 8.45. The zero-order valence-corrected chi connectivity index (χ0v) is 19.6. The first kappa shape index (κ1) is 24.3. The highest BCUT2D eigenvalue weighted by Crippen LogP contribution is 2.33. The van der Waals surface area contributed by atoms with E-state index in [-0.39, 0.29) is 49.9 Å². The van der Waals surface area contributed by atoms with Crippen LogP contribution in [0.4, 0.5) is 4.39 Å². The van der Waals surface area contributed by atoms with E-state index in [9.17, 15) is 14.0 Å². The van der Waals surface area contributed by atoms with Crippen molar-refractivity contribution < 1.29 is 23.8 Å². The Morgan fingerprint density at radius 1 is 1.26 bits per heavy atom. The van der Waals surface area contributed by atoms with Gasteiger partial charge in [0, 0.05) is 42.2 Å². The monoisotopic (exact) mass is 478 g/mol. The molecule has 0 spiro atoms. The lowest BCUT2D eigenvalue weighted by Gasteiger charge is -2.25. The van der Waals surface area contributed by atoms with Gasteiger partial charge in [0.05, 0.1) is 24.8 Å². The fourth-order valence-electron chi connectivity index (χ4n) is 4.06. The quantitative estimate of drug-likeness (QED) is 0.490. The number of rotatable bonds is 9. The maximum Gasteiger partial charge on any atom is 0.255 e. The number of aromatic nitrogens is 2. The van der Waals surface area contributed by atoms with Crippen LogP contribution in [0.15, 0.2) is 48.8 Å². The molecule has 35 heavy (non-hydrogen) atoms. The van der Waals surface area contributed by atoms with E-state index in [0.717, 1.165) is 22.3 Å². The van der Waals surface area contributed by atoms with Crippen molar-refractivity contribution in [3.63, 3.8) is 0 Å². The highest BCUT2D eigenvalue weighted by atomic mass is 19.1. The number of ether oxygens (including phenoxy) is 1. The standard InChI is InChI=1S/C26H27FN4O4/c1-16-11-19(13-30-25(16)35-15-18-3-5-20(27)6-4-18)17(2)31-14-22-21(26(31)34)7-8-28-23(22)12-24(33)29-9-10-32/h3-8,11,13,17,32H,9-10,12,14-15H2,1-2H3,(H,29,33). The summed E-state index contributed by atoms with van der Waals surface area (Å²) in [7, 11) is 0. The van der Waals surface area contributed by atoms with Crippen molar-refractivity contribution in [2.45, 2.75) is 39.5 Å². The number of nitrogens with zero attached hydrogens (tertiary/aromatic N) is 3. The normalized spacial score (nSPS) is 13.5. The van der Waals surface area contributed by atoms with Gasteiger partial charge in [0.15, 0.2) is 0 Å². The number of hydrogen-bond donors (Lipinski definition) is 2. The summed E-state index contributed by atoms with van der Waals surface area (Å²) >= 11 is 0. The number of fused-ring (bicyclic) bond motifs is 1. The molecular weight excluding hydrogens is 451 g/mol. The van der Waals surface area contributed by atoms with Crippen LogP contribution in [0.3, 0.4) is 0 Å². The fraction of sp³-hybridized carbons (Fsp3) is 0.308. The third kappa shape index (κ3) is 5.46. The number of aliphatic hydroxyl groups is 1. The lowest BCUT2D eigenvalue weighted by atomic mass is 10.1. The van der Waals surface area contributed by atoms with E-state index in [2.05, 4.69) is 15.3 Å². The van der Waals surface area contributed by atoms with E-state index in [1.165, 1.54) is 12.1 Å². The van der Waals surface area contributed by atoms with Crippen LogP contribution in [0.5, 0.6) is 5.88 Å². The molecule has 3 heterocycles. The van der Waals surface area contributed by atoms with Gasteiger partial charge in [-0.3, -0.25) is 14.6 Å². The fourth-order valence-corrected chi connectivity index (χ4v) is 4.06. The molecule has 8 nitrogen and oxygen atoms in total. The van der Waals surface area contributed by atoms with Crippen molar-refractivity contribution in [2.75, 3.05) is 13.2 Å². The molecule has 4 rings (SSSR count). The lowest BCUT2D eigenvalue weighted by Crippen LogP contribution is -2.28. The molecule has 3 aromatic rings. The number of nitrogens with one attached hydrogen (secondary N) is 1. The molecule has 2 aromatic heterocycles. The van der Waals surface area contributed by atoms with Gasteiger partial charge in [-0.1, -0.05) is 12.1 Å². The van der Waals surface area contributed by atoms with Gasteiger partial charge in [0.2, 0.25) is 11.8 Å². The summed E-state index contributed by atoms with van der Waals surface area (Å²) < 4.78 is 18.9. The molecule has 1 aliphatic rings. The average molecular weight is 479 g/mol. The summed E-state index contributed by atoms with van der Waals surface area (Å²) in [6, 6.07) is 9.46. The van der Waals surface area contributed by atoms with Crippen LogP contribution in [0.1, 0.15) is 51.3 Å². The zero-order valence-electron chi connectivity index (χ0n) is 19.6. The molecule has 1 aromatic carbocycles. The van der Waals surface area contributed by atoms with Crippen molar-refractivity contribution in [2.24, 2.45) is 0 Å². The van der Waals surface area contributed by atoms with Gasteiger partial charge in [-0.25, -0.2) is 9.37 Å². The van der Waals surface area contributed by atoms with Gasteiger partial charge in [-0.05, 0) is 49.2 Å². The number of amides is 2. The summed E-state index contributed by atoms with van der Waals surface area (Å²) in [5.41, 5.74) is 4.35. The molecule has 2 N–H and O–H groups in total. The zero-order chi connectivity index (χ0) is 24.9. The van der Waals surface area contributed by atoms with Crippen LogP contribution in [-0.2, 0) is 24.4 Å². The van der Waals surface area contributed by atoms with E-state index in [4.69, 9.17) is 9.84 Å². The Morgan fingerprint density at radius 3 is 2.74 bits per heavy atom. The molecule has 0 fully saturated rings.